The van der Waals surface area contributed by atoms with Crippen molar-refractivity contribution in [3.05, 3.63) is 77.4 Å². The third-order valence-corrected chi connectivity index (χ3v) is 4.33. The van der Waals surface area contributed by atoms with Gasteiger partial charge in [0.2, 0.25) is 0 Å². The minimum atomic E-state index is 0.706. The highest BCUT2D eigenvalue weighted by atomic mass is 15.1. The van der Waals surface area contributed by atoms with Crippen LogP contribution in [0.5, 0.6) is 0 Å². The molecule has 2 aromatic carbocycles. The Kier molecular flexibility index (Phi) is 7.53. The SMILES string of the molecule is CCN(CC)c1ccc(/C=C/C=C/c2ccc(CC(C)C)cc2)cc1. The van der Waals surface area contributed by atoms with Crippen LogP contribution in [0.2, 0.25) is 0 Å². The van der Waals surface area contributed by atoms with Gasteiger partial charge in [-0.25, -0.2) is 0 Å². The lowest BCUT2D eigenvalue weighted by molar-refractivity contribution is 0.647. The number of anilines is 1. The Morgan fingerprint density at radius 1 is 0.760 bits per heavy atom. The third-order valence-electron chi connectivity index (χ3n) is 4.33. The van der Waals surface area contributed by atoms with Crippen LogP contribution in [-0.4, -0.2) is 13.1 Å². The van der Waals surface area contributed by atoms with Crippen molar-refractivity contribution < 1.29 is 0 Å². The Labute approximate surface area is 153 Å². The van der Waals surface area contributed by atoms with Gasteiger partial charge in [-0.1, -0.05) is 74.5 Å². The normalized spacial score (nSPS) is 11.7. The lowest BCUT2D eigenvalue weighted by atomic mass is 10.0. The van der Waals surface area contributed by atoms with E-state index in [1.54, 1.807) is 0 Å². The van der Waals surface area contributed by atoms with Crippen LogP contribution >= 0.6 is 0 Å². The fourth-order valence-electron chi connectivity index (χ4n) is 2.95. The highest BCUT2D eigenvalue weighted by molar-refractivity contribution is 5.59. The minimum Gasteiger partial charge on any atom is -0.372 e. The number of benzene rings is 2. The molecule has 0 spiro atoms. The summed E-state index contributed by atoms with van der Waals surface area (Å²) in [6, 6.07) is 17.6. The highest BCUT2D eigenvalue weighted by Crippen LogP contribution is 2.16. The second-order valence-corrected chi connectivity index (χ2v) is 6.82. The highest BCUT2D eigenvalue weighted by Gasteiger charge is 2.00. The van der Waals surface area contributed by atoms with Crippen molar-refractivity contribution in [3.63, 3.8) is 0 Å². The molecule has 0 amide bonds. The van der Waals surface area contributed by atoms with E-state index in [9.17, 15) is 0 Å². The summed E-state index contributed by atoms with van der Waals surface area (Å²) in [5, 5.41) is 0. The molecule has 0 heterocycles. The first-order valence-corrected chi connectivity index (χ1v) is 9.41. The number of hydrogen-bond acceptors (Lipinski definition) is 1. The minimum absolute atomic E-state index is 0.706. The van der Waals surface area contributed by atoms with Crippen LogP contribution in [0, 0.1) is 5.92 Å². The predicted octanol–water partition coefficient (Wildman–Crippen LogP) is 6.46. The molecule has 0 atom stereocenters. The molecule has 0 aliphatic carbocycles. The van der Waals surface area contributed by atoms with Gasteiger partial charge in [0.1, 0.15) is 0 Å². The quantitative estimate of drug-likeness (QED) is 0.501. The van der Waals surface area contributed by atoms with Gasteiger partial charge in [-0.3, -0.25) is 0 Å². The third kappa shape index (κ3) is 6.26. The van der Waals surface area contributed by atoms with Crippen LogP contribution in [0.4, 0.5) is 5.69 Å². The topological polar surface area (TPSA) is 3.24 Å². The van der Waals surface area contributed by atoms with Crippen molar-refractivity contribution in [2.45, 2.75) is 34.1 Å². The molecule has 1 heteroatoms. The van der Waals surface area contributed by atoms with E-state index in [1.165, 1.54) is 22.4 Å². The summed E-state index contributed by atoms with van der Waals surface area (Å²) in [6.07, 6.45) is 9.66. The fraction of sp³-hybridized carbons (Fsp3) is 0.333. The van der Waals surface area contributed by atoms with Gasteiger partial charge >= 0.3 is 0 Å². The maximum Gasteiger partial charge on any atom is 0.0366 e. The molecule has 0 N–H and O–H groups in total. The van der Waals surface area contributed by atoms with Crippen LogP contribution in [-0.2, 0) is 6.42 Å². The molecule has 132 valence electrons. The van der Waals surface area contributed by atoms with Gasteiger partial charge < -0.3 is 4.90 Å². The van der Waals surface area contributed by atoms with E-state index in [0.29, 0.717) is 5.92 Å². The van der Waals surface area contributed by atoms with Crippen LogP contribution in [0.1, 0.15) is 44.4 Å². The molecule has 0 unspecified atom stereocenters. The number of hydrogen-bond donors (Lipinski definition) is 0. The predicted molar refractivity (Wildman–Crippen MR) is 113 cm³/mol. The van der Waals surface area contributed by atoms with Crippen molar-refractivity contribution >= 4 is 17.8 Å². The maximum absolute atomic E-state index is 2.36. The molecule has 0 saturated carbocycles. The van der Waals surface area contributed by atoms with Gasteiger partial charge in [-0.05, 0) is 55.0 Å². The average molecular weight is 334 g/mol. The van der Waals surface area contributed by atoms with Gasteiger partial charge in [0.15, 0.2) is 0 Å². The summed E-state index contributed by atoms with van der Waals surface area (Å²) in [6.45, 7) is 11.0. The largest absolute Gasteiger partial charge is 0.372 e. The summed E-state index contributed by atoms with van der Waals surface area (Å²) in [7, 11) is 0. The Morgan fingerprint density at radius 3 is 1.68 bits per heavy atom. The van der Waals surface area contributed by atoms with Gasteiger partial charge in [-0.2, -0.15) is 0 Å². The first kappa shape index (κ1) is 19.1. The van der Waals surface area contributed by atoms with Crippen LogP contribution in [0.25, 0.3) is 12.2 Å². The first-order valence-electron chi connectivity index (χ1n) is 9.41. The smallest absolute Gasteiger partial charge is 0.0366 e. The second-order valence-electron chi connectivity index (χ2n) is 6.82. The molecule has 25 heavy (non-hydrogen) atoms. The molecular formula is C24H31N. The number of nitrogens with zero attached hydrogens (tertiary/aromatic N) is 1. The van der Waals surface area contributed by atoms with Gasteiger partial charge in [-0.15, -0.1) is 0 Å². The summed E-state index contributed by atoms with van der Waals surface area (Å²) in [5.74, 6) is 0.706. The average Bonchev–Trinajstić information content (AvgIpc) is 2.62. The zero-order chi connectivity index (χ0) is 18.1. The van der Waals surface area contributed by atoms with Gasteiger partial charge in [0.05, 0.1) is 0 Å². The summed E-state index contributed by atoms with van der Waals surface area (Å²) in [5.41, 5.74) is 5.18. The van der Waals surface area contributed by atoms with Crippen LogP contribution in [0.15, 0.2) is 60.7 Å². The Hall–Kier alpha value is -2.28. The second kappa shape index (κ2) is 9.88. The molecule has 0 saturated heterocycles. The van der Waals surface area contributed by atoms with Crippen molar-refractivity contribution in [1.82, 2.24) is 0 Å². The molecule has 0 aliphatic heterocycles. The molecule has 0 aromatic heterocycles. The van der Waals surface area contributed by atoms with Crippen LogP contribution < -0.4 is 4.90 Å². The molecule has 2 rings (SSSR count). The van der Waals surface area contributed by atoms with Crippen molar-refractivity contribution in [2.75, 3.05) is 18.0 Å². The molecule has 0 fully saturated rings. The van der Waals surface area contributed by atoms with E-state index < -0.39 is 0 Å². The van der Waals surface area contributed by atoms with E-state index >= 15 is 0 Å². The summed E-state index contributed by atoms with van der Waals surface area (Å²) >= 11 is 0. The molecular weight excluding hydrogens is 302 g/mol. The Bertz CT molecular complexity index is 671. The van der Waals surface area contributed by atoms with Crippen LogP contribution in [0.3, 0.4) is 0 Å². The Morgan fingerprint density at radius 2 is 1.24 bits per heavy atom. The fourth-order valence-corrected chi connectivity index (χ4v) is 2.95. The van der Waals surface area contributed by atoms with E-state index in [0.717, 1.165) is 19.5 Å². The van der Waals surface area contributed by atoms with Crippen molar-refractivity contribution in [2.24, 2.45) is 5.92 Å². The van der Waals surface area contributed by atoms with E-state index in [2.05, 4.69) is 105 Å². The lowest BCUT2D eigenvalue weighted by Gasteiger charge is -2.20. The Balaban J connectivity index is 1.92. The summed E-state index contributed by atoms with van der Waals surface area (Å²) < 4.78 is 0. The lowest BCUT2D eigenvalue weighted by Crippen LogP contribution is -2.21. The number of allylic oxidation sites excluding steroid dienone is 2. The van der Waals surface area contributed by atoms with E-state index in [1.807, 2.05) is 0 Å². The first-order chi connectivity index (χ1) is 12.1. The molecule has 2 aromatic rings. The zero-order valence-corrected chi connectivity index (χ0v) is 16.1. The van der Waals surface area contributed by atoms with E-state index in [4.69, 9.17) is 0 Å². The monoisotopic (exact) mass is 333 g/mol. The zero-order valence-electron chi connectivity index (χ0n) is 16.1. The van der Waals surface area contributed by atoms with Crippen molar-refractivity contribution in [1.29, 1.82) is 0 Å². The number of rotatable bonds is 8. The molecule has 0 bridgehead atoms. The maximum atomic E-state index is 2.36. The van der Waals surface area contributed by atoms with Gasteiger partial charge in [0.25, 0.3) is 0 Å². The standard InChI is InChI=1S/C24H31N/c1-5-25(6-2)24-17-15-22(16-18-24)10-8-7-9-21-11-13-23(14-12-21)19-20(3)4/h7-18,20H,5-6,19H2,1-4H3/b9-7+,10-8+. The molecule has 0 aliphatic rings. The van der Waals surface area contributed by atoms with Gasteiger partial charge in [0, 0.05) is 18.8 Å². The molecule has 1 nitrogen and oxygen atoms in total. The summed E-state index contributed by atoms with van der Waals surface area (Å²) in [4.78, 5) is 2.36. The van der Waals surface area contributed by atoms with Crippen molar-refractivity contribution in [3.8, 4) is 0 Å². The molecule has 0 radical (unpaired) electrons. The van der Waals surface area contributed by atoms with E-state index in [-0.39, 0.29) is 0 Å².